The van der Waals surface area contributed by atoms with Crippen LogP contribution in [0.1, 0.15) is 24.4 Å². The van der Waals surface area contributed by atoms with Gasteiger partial charge in [0.25, 0.3) is 0 Å². The Bertz CT molecular complexity index is 868. The molecule has 1 fully saturated rings. The van der Waals surface area contributed by atoms with Crippen molar-refractivity contribution in [3.05, 3.63) is 40.4 Å². The molecular formula is C18H27N5O3S2. The average Bonchev–Trinajstić information content (AvgIpc) is 3.36. The molecule has 28 heavy (non-hydrogen) atoms. The Labute approximate surface area is 170 Å². The van der Waals surface area contributed by atoms with Crippen LogP contribution in [0.15, 0.2) is 39.4 Å². The third kappa shape index (κ3) is 4.92. The first-order valence-electron chi connectivity index (χ1n) is 9.18. The highest BCUT2D eigenvalue weighted by Gasteiger charge is 2.30. The van der Waals surface area contributed by atoms with Crippen molar-refractivity contribution in [2.24, 2.45) is 4.99 Å². The number of hydrogen-bond acceptors (Lipinski definition) is 6. The van der Waals surface area contributed by atoms with Crippen LogP contribution in [0.25, 0.3) is 0 Å². The van der Waals surface area contributed by atoms with E-state index in [-0.39, 0.29) is 11.2 Å². The average molecular weight is 426 g/mol. The first-order chi connectivity index (χ1) is 13.3. The fourth-order valence-corrected chi connectivity index (χ4v) is 5.43. The van der Waals surface area contributed by atoms with Gasteiger partial charge in [0.2, 0.25) is 10.0 Å². The maximum atomic E-state index is 12.6. The lowest BCUT2D eigenvalue weighted by atomic mass is 9.91. The predicted octanol–water partition coefficient (Wildman–Crippen LogP) is 1.74. The van der Waals surface area contributed by atoms with Gasteiger partial charge in [-0.1, -0.05) is 25.1 Å². The van der Waals surface area contributed by atoms with Crippen molar-refractivity contribution in [2.45, 2.75) is 25.0 Å². The van der Waals surface area contributed by atoms with E-state index in [4.69, 9.17) is 4.52 Å². The van der Waals surface area contributed by atoms with E-state index in [1.165, 1.54) is 15.4 Å². The molecule has 0 radical (unpaired) electrons. The molecule has 1 aliphatic rings. The molecule has 10 heteroatoms. The fraction of sp³-hybridized carbons (Fsp3) is 0.556. The van der Waals surface area contributed by atoms with Crippen LogP contribution >= 0.6 is 11.3 Å². The number of thiophene rings is 1. The van der Waals surface area contributed by atoms with Gasteiger partial charge in [0.15, 0.2) is 5.96 Å². The number of guanidine groups is 1. The third-order valence-electron chi connectivity index (χ3n) is 4.84. The number of rotatable bonds is 6. The summed E-state index contributed by atoms with van der Waals surface area (Å²) < 4.78 is 31.4. The van der Waals surface area contributed by atoms with Crippen molar-refractivity contribution in [1.29, 1.82) is 0 Å². The molecule has 3 rings (SSSR count). The molecule has 2 aromatic heterocycles. The van der Waals surface area contributed by atoms with Gasteiger partial charge < -0.3 is 14.7 Å². The Balaban J connectivity index is 1.54. The van der Waals surface area contributed by atoms with Gasteiger partial charge in [0.1, 0.15) is 12.0 Å². The van der Waals surface area contributed by atoms with Crippen molar-refractivity contribution >= 4 is 27.3 Å². The predicted molar refractivity (Wildman–Crippen MR) is 111 cm³/mol. The molecule has 0 aliphatic carbocycles. The minimum absolute atomic E-state index is 0.00708. The van der Waals surface area contributed by atoms with Gasteiger partial charge in [0.05, 0.1) is 5.69 Å². The van der Waals surface area contributed by atoms with Gasteiger partial charge >= 0.3 is 0 Å². The van der Waals surface area contributed by atoms with Crippen molar-refractivity contribution < 1.29 is 12.9 Å². The molecule has 154 valence electrons. The van der Waals surface area contributed by atoms with E-state index in [1.54, 1.807) is 24.5 Å². The molecule has 0 amide bonds. The van der Waals surface area contributed by atoms with E-state index >= 15 is 0 Å². The van der Waals surface area contributed by atoms with Gasteiger partial charge in [-0.15, -0.1) is 11.3 Å². The van der Waals surface area contributed by atoms with Crippen molar-refractivity contribution in [2.75, 3.05) is 39.8 Å². The number of hydrogen-bond donors (Lipinski definition) is 1. The molecule has 0 saturated carbocycles. The normalized spacial score (nSPS) is 17.1. The fourth-order valence-electron chi connectivity index (χ4n) is 3.15. The van der Waals surface area contributed by atoms with Crippen LogP contribution in [0, 0.1) is 0 Å². The summed E-state index contributed by atoms with van der Waals surface area (Å²) in [6.07, 6.45) is 1.39. The highest BCUT2D eigenvalue weighted by Crippen LogP contribution is 2.26. The summed E-state index contributed by atoms with van der Waals surface area (Å²) in [4.78, 5) is 7.81. The van der Waals surface area contributed by atoms with E-state index in [9.17, 15) is 8.42 Å². The number of piperazine rings is 1. The van der Waals surface area contributed by atoms with Crippen LogP contribution in [0.2, 0.25) is 0 Å². The molecule has 2 aromatic rings. The Kier molecular flexibility index (Phi) is 6.41. The summed E-state index contributed by atoms with van der Waals surface area (Å²) in [5.74, 6) is 0.670. The largest absolute Gasteiger partial charge is 0.364 e. The summed E-state index contributed by atoms with van der Waals surface area (Å²) in [7, 11) is -1.64. The lowest BCUT2D eigenvalue weighted by Crippen LogP contribution is -2.54. The number of sulfonamides is 1. The second-order valence-electron chi connectivity index (χ2n) is 7.40. The van der Waals surface area contributed by atoms with Crippen LogP contribution < -0.4 is 5.32 Å². The molecule has 1 aliphatic heterocycles. The molecule has 0 unspecified atom stereocenters. The van der Waals surface area contributed by atoms with E-state index in [2.05, 4.69) is 51.7 Å². The minimum atomic E-state index is -3.40. The minimum Gasteiger partial charge on any atom is -0.364 e. The summed E-state index contributed by atoms with van der Waals surface area (Å²) >= 11 is 1.75. The first-order valence-corrected chi connectivity index (χ1v) is 11.7. The van der Waals surface area contributed by atoms with Crippen molar-refractivity contribution in [3.63, 3.8) is 0 Å². The Morgan fingerprint density at radius 2 is 2.07 bits per heavy atom. The zero-order valence-electron chi connectivity index (χ0n) is 16.5. The molecule has 3 heterocycles. The number of aliphatic imine (C=N–C) groups is 1. The van der Waals surface area contributed by atoms with Crippen LogP contribution in [-0.4, -0.2) is 68.5 Å². The summed E-state index contributed by atoms with van der Waals surface area (Å²) in [6, 6.07) is 5.79. The summed E-state index contributed by atoms with van der Waals surface area (Å²) in [5, 5.41) is 9.24. The third-order valence-corrected chi connectivity index (χ3v) is 7.89. The smallest absolute Gasteiger partial charge is 0.220 e. The van der Waals surface area contributed by atoms with Gasteiger partial charge in [-0.3, -0.25) is 4.99 Å². The molecule has 0 bridgehead atoms. The van der Waals surface area contributed by atoms with E-state index in [1.807, 2.05) is 0 Å². The standard InChI is InChI=1S/C18H27N5O3S2/c1-18(2,16-5-4-12-27-16)14-20-17(19-3)22-7-9-23(10-8-22)28(24,25)13-15-6-11-26-21-15/h4-6,11-12H,7-10,13-14H2,1-3H3,(H,19,20). The van der Waals surface area contributed by atoms with Gasteiger partial charge in [-0.05, 0) is 11.4 Å². The van der Waals surface area contributed by atoms with Gasteiger partial charge in [0, 0.05) is 56.1 Å². The van der Waals surface area contributed by atoms with Crippen molar-refractivity contribution in [3.8, 4) is 0 Å². The Hall–Kier alpha value is -1.91. The second kappa shape index (κ2) is 8.62. The van der Waals surface area contributed by atoms with Crippen LogP contribution in [0.4, 0.5) is 0 Å². The second-order valence-corrected chi connectivity index (χ2v) is 10.3. The molecule has 8 nitrogen and oxygen atoms in total. The van der Waals surface area contributed by atoms with Gasteiger partial charge in [-0.25, -0.2) is 8.42 Å². The lowest BCUT2D eigenvalue weighted by Gasteiger charge is -2.36. The maximum Gasteiger partial charge on any atom is 0.220 e. The van der Waals surface area contributed by atoms with Crippen LogP contribution in [0.3, 0.4) is 0 Å². The highest BCUT2D eigenvalue weighted by atomic mass is 32.2. The molecular weight excluding hydrogens is 398 g/mol. The quantitative estimate of drug-likeness (QED) is 0.560. The highest BCUT2D eigenvalue weighted by molar-refractivity contribution is 7.88. The molecule has 1 N–H and O–H groups in total. The van der Waals surface area contributed by atoms with Crippen LogP contribution in [-0.2, 0) is 21.2 Å². The molecule has 0 atom stereocenters. The Morgan fingerprint density at radius 1 is 1.32 bits per heavy atom. The van der Waals surface area contributed by atoms with E-state index < -0.39 is 10.0 Å². The Morgan fingerprint density at radius 3 is 2.64 bits per heavy atom. The zero-order valence-corrected chi connectivity index (χ0v) is 18.1. The van der Waals surface area contributed by atoms with E-state index in [0.29, 0.717) is 31.9 Å². The maximum absolute atomic E-state index is 12.6. The molecule has 0 spiro atoms. The monoisotopic (exact) mass is 425 g/mol. The summed E-state index contributed by atoms with van der Waals surface area (Å²) in [6.45, 7) is 7.20. The lowest BCUT2D eigenvalue weighted by molar-refractivity contribution is 0.258. The number of nitrogens with zero attached hydrogens (tertiary/aromatic N) is 4. The molecule has 1 saturated heterocycles. The van der Waals surface area contributed by atoms with Crippen LogP contribution in [0.5, 0.6) is 0 Å². The van der Waals surface area contributed by atoms with Crippen molar-refractivity contribution in [1.82, 2.24) is 19.7 Å². The number of nitrogens with one attached hydrogen (secondary N) is 1. The molecule has 0 aromatic carbocycles. The summed E-state index contributed by atoms with van der Waals surface area (Å²) in [5.41, 5.74) is 0.420. The van der Waals surface area contributed by atoms with Gasteiger partial charge in [-0.2, -0.15) is 4.31 Å². The zero-order chi connectivity index (χ0) is 20.2. The van der Waals surface area contributed by atoms with E-state index in [0.717, 1.165) is 12.5 Å². The first kappa shape index (κ1) is 20.8. The topological polar surface area (TPSA) is 91.0 Å². The SMILES string of the molecule is CN=C(NCC(C)(C)c1cccs1)N1CCN(S(=O)(=O)Cc2ccon2)CC1. The number of aromatic nitrogens is 1.